The first kappa shape index (κ1) is 16.4. The molecule has 2 N–H and O–H groups in total. The molecular formula is C14H30N2O. The minimum absolute atomic E-state index is 0.153. The second kappa shape index (κ2) is 8.51. The van der Waals surface area contributed by atoms with Crippen molar-refractivity contribution < 1.29 is 4.79 Å². The van der Waals surface area contributed by atoms with Gasteiger partial charge in [-0.3, -0.25) is 9.69 Å². The molecule has 0 heterocycles. The Bertz CT molecular complexity index is 214. The number of carbonyl (C=O) groups excluding carboxylic acids is 1. The number of carbonyl (C=O) groups is 1. The van der Waals surface area contributed by atoms with Gasteiger partial charge in [-0.1, -0.05) is 53.4 Å². The SMILES string of the molecule is CCCCCCC(CC)(C(N)=O)N(CC)CC. The van der Waals surface area contributed by atoms with Crippen LogP contribution in [0.5, 0.6) is 0 Å². The quantitative estimate of drug-likeness (QED) is 0.599. The molecule has 3 heteroatoms. The zero-order valence-electron chi connectivity index (χ0n) is 12.1. The number of nitrogens with zero attached hydrogens (tertiary/aromatic N) is 1. The minimum atomic E-state index is -0.419. The van der Waals surface area contributed by atoms with Crippen LogP contribution in [0.1, 0.15) is 66.2 Å². The van der Waals surface area contributed by atoms with E-state index in [4.69, 9.17) is 5.73 Å². The Labute approximate surface area is 107 Å². The van der Waals surface area contributed by atoms with Gasteiger partial charge in [0.15, 0.2) is 0 Å². The monoisotopic (exact) mass is 242 g/mol. The van der Waals surface area contributed by atoms with E-state index in [0.717, 1.165) is 32.4 Å². The number of nitrogens with two attached hydrogens (primary N) is 1. The predicted molar refractivity (Wildman–Crippen MR) is 73.9 cm³/mol. The van der Waals surface area contributed by atoms with E-state index in [2.05, 4.69) is 32.6 Å². The molecule has 1 unspecified atom stereocenters. The second-order valence-electron chi connectivity index (χ2n) is 4.73. The maximum atomic E-state index is 11.9. The Morgan fingerprint density at radius 3 is 2.00 bits per heavy atom. The van der Waals surface area contributed by atoms with Crippen molar-refractivity contribution >= 4 is 5.91 Å². The van der Waals surface area contributed by atoms with E-state index in [1.165, 1.54) is 19.3 Å². The molecule has 0 saturated heterocycles. The highest BCUT2D eigenvalue weighted by molar-refractivity contribution is 5.84. The van der Waals surface area contributed by atoms with Crippen molar-refractivity contribution in [3.63, 3.8) is 0 Å². The molecule has 0 spiro atoms. The van der Waals surface area contributed by atoms with E-state index in [-0.39, 0.29) is 5.91 Å². The van der Waals surface area contributed by atoms with Gasteiger partial charge in [-0.15, -0.1) is 0 Å². The normalized spacial score (nSPS) is 14.9. The molecule has 0 saturated carbocycles. The summed E-state index contributed by atoms with van der Waals surface area (Å²) in [7, 11) is 0. The van der Waals surface area contributed by atoms with Crippen LogP contribution >= 0.6 is 0 Å². The molecule has 0 fully saturated rings. The van der Waals surface area contributed by atoms with Crippen molar-refractivity contribution in [3.05, 3.63) is 0 Å². The summed E-state index contributed by atoms with van der Waals surface area (Å²) in [6.45, 7) is 10.3. The molecule has 102 valence electrons. The summed E-state index contributed by atoms with van der Waals surface area (Å²) >= 11 is 0. The molecule has 0 rings (SSSR count). The van der Waals surface area contributed by atoms with E-state index >= 15 is 0 Å². The molecule has 0 aliphatic heterocycles. The van der Waals surface area contributed by atoms with E-state index in [1.54, 1.807) is 0 Å². The third kappa shape index (κ3) is 4.30. The lowest BCUT2D eigenvalue weighted by Gasteiger charge is -2.40. The fourth-order valence-corrected chi connectivity index (χ4v) is 2.68. The second-order valence-corrected chi connectivity index (χ2v) is 4.73. The van der Waals surface area contributed by atoms with Crippen molar-refractivity contribution in [2.24, 2.45) is 5.73 Å². The number of rotatable bonds is 10. The van der Waals surface area contributed by atoms with Gasteiger partial charge < -0.3 is 5.73 Å². The van der Waals surface area contributed by atoms with Crippen LogP contribution in [0.15, 0.2) is 0 Å². The summed E-state index contributed by atoms with van der Waals surface area (Å²) in [6.07, 6.45) is 6.49. The Hall–Kier alpha value is -0.570. The number of primary amides is 1. The lowest BCUT2D eigenvalue weighted by molar-refractivity contribution is -0.131. The molecule has 0 bridgehead atoms. The molecule has 0 aliphatic carbocycles. The fraction of sp³-hybridized carbons (Fsp3) is 0.929. The summed E-state index contributed by atoms with van der Waals surface area (Å²) in [5.41, 5.74) is 5.25. The van der Waals surface area contributed by atoms with E-state index in [1.807, 2.05) is 0 Å². The topological polar surface area (TPSA) is 46.3 Å². The number of hydrogen-bond acceptors (Lipinski definition) is 2. The van der Waals surface area contributed by atoms with Crippen molar-refractivity contribution in [1.82, 2.24) is 4.90 Å². The molecule has 17 heavy (non-hydrogen) atoms. The summed E-state index contributed by atoms with van der Waals surface area (Å²) < 4.78 is 0. The average Bonchev–Trinajstić information content (AvgIpc) is 2.33. The Morgan fingerprint density at radius 1 is 1.06 bits per heavy atom. The van der Waals surface area contributed by atoms with Gasteiger partial charge in [0.2, 0.25) is 5.91 Å². The van der Waals surface area contributed by atoms with Crippen LogP contribution in [0.2, 0.25) is 0 Å². The molecular weight excluding hydrogens is 212 g/mol. The van der Waals surface area contributed by atoms with Gasteiger partial charge in [0.1, 0.15) is 0 Å². The first-order valence-corrected chi connectivity index (χ1v) is 7.13. The third-order valence-electron chi connectivity index (χ3n) is 3.86. The molecule has 0 aromatic carbocycles. The lowest BCUT2D eigenvalue weighted by atomic mass is 9.86. The van der Waals surface area contributed by atoms with Crippen LogP contribution in [-0.4, -0.2) is 29.4 Å². The molecule has 0 aromatic heterocycles. The van der Waals surface area contributed by atoms with Gasteiger partial charge in [0, 0.05) is 0 Å². The highest BCUT2D eigenvalue weighted by Crippen LogP contribution is 2.26. The highest BCUT2D eigenvalue weighted by Gasteiger charge is 2.38. The van der Waals surface area contributed by atoms with E-state index in [9.17, 15) is 4.79 Å². The first-order valence-electron chi connectivity index (χ1n) is 7.13. The zero-order valence-corrected chi connectivity index (χ0v) is 12.1. The average molecular weight is 242 g/mol. The van der Waals surface area contributed by atoms with Crippen LogP contribution in [0.25, 0.3) is 0 Å². The van der Waals surface area contributed by atoms with Gasteiger partial charge in [-0.25, -0.2) is 0 Å². The number of unbranched alkanes of at least 4 members (excludes halogenated alkanes) is 3. The predicted octanol–water partition coefficient (Wildman–Crippen LogP) is 2.93. The van der Waals surface area contributed by atoms with Crippen LogP contribution in [0, 0.1) is 0 Å². The zero-order chi connectivity index (χ0) is 13.3. The van der Waals surface area contributed by atoms with Gasteiger partial charge >= 0.3 is 0 Å². The fourth-order valence-electron chi connectivity index (χ4n) is 2.68. The van der Waals surface area contributed by atoms with Crippen molar-refractivity contribution in [2.45, 2.75) is 71.8 Å². The summed E-state index contributed by atoms with van der Waals surface area (Å²) in [5, 5.41) is 0. The van der Waals surface area contributed by atoms with Crippen LogP contribution < -0.4 is 5.73 Å². The summed E-state index contributed by atoms with van der Waals surface area (Å²) in [4.78, 5) is 14.1. The number of hydrogen-bond donors (Lipinski definition) is 1. The minimum Gasteiger partial charge on any atom is -0.368 e. The summed E-state index contributed by atoms with van der Waals surface area (Å²) in [5.74, 6) is -0.153. The van der Waals surface area contributed by atoms with Crippen LogP contribution in [-0.2, 0) is 4.79 Å². The van der Waals surface area contributed by atoms with Gasteiger partial charge in [0.25, 0.3) is 0 Å². The van der Waals surface area contributed by atoms with Gasteiger partial charge in [-0.2, -0.15) is 0 Å². The standard InChI is InChI=1S/C14H30N2O/c1-5-9-10-11-12-14(6-2,13(15)17)16(7-3)8-4/h5-12H2,1-4H3,(H2,15,17). The van der Waals surface area contributed by atoms with Gasteiger partial charge in [0.05, 0.1) is 5.54 Å². The molecule has 1 amide bonds. The number of amides is 1. The van der Waals surface area contributed by atoms with Crippen molar-refractivity contribution in [3.8, 4) is 0 Å². The Kier molecular flexibility index (Phi) is 8.23. The Morgan fingerprint density at radius 2 is 1.65 bits per heavy atom. The van der Waals surface area contributed by atoms with Crippen molar-refractivity contribution in [1.29, 1.82) is 0 Å². The Balaban J connectivity index is 4.64. The van der Waals surface area contributed by atoms with E-state index in [0.29, 0.717) is 0 Å². The van der Waals surface area contributed by atoms with Gasteiger partial charge in [-0.05, 0) is 25.9 Å². The molecule has 0 aliphatic rings. The lowest BCUT2D eigenvalue weighted by Crippen LogP contribution is -2.57. The smallest absolute Gasteiger partial charge is 0.237 e. The highest BCUT2D eigenvalue weighted by atomic mass is 16.1. The largest absolute Gasteiger partial charge is 0.368 e. The third-order valence-corrected chi connectivity index (χ3v) is 3.86. The maximum absolute atomic E-state index is 11.9. The first-order chi connectivity index (χ1) is 8.08. The molecule has 0 radical (unpaired) electrons. The summed E-state index contributed by atoms with van der Waals surface area (Å²) in [6, 6.07) is 0. The van der Waals surface area contributed by atoms with Crippen molar-refractivity contribution in [2.75, 3.05) is 13.1 Å². The van der Waals surface area contributed by atoms with Crippen LogP contribution in [0.3, 0.4) is 0 Å². The number of likely N-dealkylation sites (N-methyl/N-ethyl adjacent to an activating group) is 1. The van der Waals surface area contributed by atoms with E-state index < -0.39 is 5.54 Å². The molecule has 3 nitrogen and oxygen atoms in total. The molecule has 0 aromatic rings. The molecule has 1 atom stereocenters. The maximum Gasteiger partial charge on any atom is 0.237 e. The van der Waals surface area contributed by atoms with Crippen LogP contribution in [0.4, 0.5) is 0 Å².